The van der Waals surface area contributed by atoms with Gasteiger partial charge in [-0.3, -0.25) is 4.57 Å². The van der Waals surface area contributed by atoms with E-state index < -0.39 is 0 Å². The minimum Gasteiger partial charge on any atom is -0.497 e. The molecule has 0 bridgehead atoms. The second kappa shape index (κ2) is 9.61. The molecule has 0 spiro atoms. The molecule has 0 aliphatic rings. The number of rotatable bonds is 9. The van der Waals surface area contributed by atoms with Gasteiger partial charge in [0, 0.05) is 16.9 Å². The summed E-state index contributed by atoms with van der Waals surface area (Å²) in [5.74, 6) is 4.63. The lowest BCUT2D eigenvalue weighted by Gasteiger charge is -2.12. The molecule has 8 heteroatoms. The molecule has 0 aliphatic heterocycles. The summed E-state index contributed by atoms with van der Waals surface area (Å²) < 4.78 is 23.8. The van der Waals surface area contributed by atoms with Crippen molar-refractivity contribution in [3.63, 3.8) is 0 Å². The summed E-state index contributed by atoms with van der Waals surface area (Å²) in [4.78, 5) is 0. The zero-order valence-electron chi connectivity index (χ0n) is 17.6. The third-order valence-corrected chi connectivity index (χ3v) is 5.82. The largest absolute Gasteiger partial charge is 0.497 e. The topological polar surface area (TPSA) is 71.5 Å². The van der Waals surface area contributed by atoms with E-state index in [1.54, 1.807) is 39.4 Å². The van der Waals surface area contributed by atoms with E-state index in [1.807, 2.05) is 54.6 Å². The molecule has 0 radical (unpaired) electrons. The van der Waals surface area contributed by atoms with Gasteiger partial charge >= 0.3 is 0 Å². The first-order chi connectivity index (χ1) is 15.2. The quantitative estimate of drug-likeness (QED) is 0.345. The van der Waals surface area contributed by atoms with E-state index in [0.29, 0.717) is 12.3 Å². The highest BCUT2D eigenvalue weighted by molar-refractivity contribution is 7.98. The van der Waals surface area contributed by atoms with Crippen LogP contribution in [0.1, 0.15) is 11.3 Å². The van der Waals surface area contributed by atoms with Crippen LogP contribution in [0.4, 0.5) is 0 Å². The summed E-state index contributed by atoms with van der Waals surface area (Å²) in [7, 11) is 4.97. The highest BCUT2D eigenvalue weighted by atomic mass is 32.2. The summed E-state index contributed by atoms with van der Waals surface area (Å²) in [6, 6.07) is 17.4. The van der Waals surface area contributed by atoms with Gasteiger partial charge in [-0.05, 0) is 54.6 Å². The number of ether oxygens (including phenoxy) is 3. The summed E-state index contributed by atoms with van der Waals surface area (Å²) >= 11 is 1.58. The fourth-order valence-electron chi connectivity index (χ4n) is 3.19. The first kappa shape index (κ1) is 20.9. The van der Waals surface area contributed by atoms with Crippen LogP contribution in [0.5, 0.6) is 17.2 Å². The summed E-state index contributed by atoms with van der Waals surface area (Å²) in [6.45, 7) is 0.527. The average Bonchev–Trinajstić information content (AvgIpc) is 3.48. The van der Waals surface area contributed by atoms with E-state index in [9.17, 15) is 0 Å². The Kier molecular flexibility index (Phi) is 6.47. The first-order valence-corrected chi connectivity index (χ1v) is 10.6. The molecule has 31 heavy (non-hydrogen) atoms. The molecule has 0 N–H and O–H groups in total. The Hall–Kier alpha value is -3.39. The van der Waals surface area contributed by atoms with Gasteiger partial charge in [-0.1, -0.05) is 11.8 Å². The normalized spacial score (nSPS) is 10.8. The molecule has 0 fully saturated rings. The van der Waals surface area contributed by atoms with Crippen molar-refractivity contribution in [3.05, 3.63) is 72.2 Å². The number of benzene rings is 2. The summed E-state index contributed by atoms with van der Waals surface area (Å²) in [5, 5.41) is 9.71. The maximum atomic E-state index is 5.58. The van der Waals surface area contributed by atoms with Gasteiger partial charge in [0.05, 0.1) is 34.1 Å². The molecule has 4 aromatic rings. The van der Waals surface area contributed by atoms with Crippen LogP contribution >= 0.6 is 11.8 Å². The van der Waals surface area contributed by atoms with Gasteiger partial charge < -0.3 is 18.6 Å². The van der Waals surface area contributed by atoms with Gasteiger partial charge in [0.15, 0.2) is 11.0 Å². The Labute approximate surface area is 185 Å². The third-order valence-electron chi connectivity index (χ3n) is 4.80. The van der Waals surface area contributed by atoms with Gasteiger partial charge in [-0.25, -0.2) is 0 Å². The maximum Gasteiger partial charge on any atom is 0.192 e. The van der Waals surface area contributed by atoms with Gasteiger partial charge in [0.25, 0.3) is 0 Å². The van der Waals surface area contributed by atoms with Crippen molar-refractivity contribution >= 4 is 11.8 Å². The maximum absolute atomic E-state index is 5.58. The van der Waals surface area contributed by atoms with Crippen LogP contribution in [-0.2, 0) is 12.3 Å². The molecule has 0 unspecified atom stereocenters. The lowest BCUT2D eigenvalue weighted by Crippen LogP contribution is -2.03. The van der Waals surface area contributed by atoms with E-state index in [-0.39, 0.29) is 0 Å². The molecule has 0 atom stereocenters. The number of furan rings is 1. The van der Waals surface area contributed by atoms with Crippen LogP contribution in [0.15, 0.2) is 70.4 Å². The third kappa shape index (κ3) is 4.69. The number of aromatic nitrogens is 3. The van der Waals surface area contributed by atoms with Crippen molar-refractivity contribution < 1.29 is 18.6 Å². The van der Waals surface area contributed by atoms with E-state index in [2.05, 4.69) is 14.8 Å². The van der Waals surface area contributed by atoms with Gasteiger partial charge in [-0.2, -0.15) is 0 Å². The minimum atomic E-state index is 0.527. The lowest BCUT2D eigenvalue weighted by molar-refractivity contribution is 0.400. The van der Waals surface area contributed by atoms with Crippen LogP contribution < -0.4 is 14.2 Å². The molecule has 4 rings (SSSR count). The van der Waals surface area contributed by atoms with E-state index >= 15 is 0 Å². The zero-order chi connectivity index (χ0) is 21.6. The fourth-order valence-corrected chi connectivity index (χ4v) is 4.10. The van der Waals surface area contributed by atoms with Crippen LogP contribution in [0, 0.1) is 0 Å². The molecular formula is C23H23N3O4S. The second-order valence-electron chi connectivity index (χ2n) is 6.67. The second-order valence-corrected chi connectivity index (χ2v) is 7.61. The first-order valence-electron chi connectivity index (χ1n) is 9.65. The Morgan fingerprint density at radius 3 is 2.35 bits per heavy atom. The Morgan fingerprint density at radius 1 is 0.903 bits per heavy atom. The van der Waals surface area contributed by atoms with Crippen molar-refractivity contribution in [1.82, 2.24) is 14.8 Å². The Bertz CT molecular complexity index is 1120. The highest BCUT2D eigenvalue weighted by Gasteiger charge is 2.17. The SMILES string of the molecule is COc1ccc(-c2nnc(SCc3cc(OC)ccc3OC)n2Cc2ccco2)cc1. The van der Waals surface area contributed by atoms with Crippen LogP contribution in [0.3, 0.4) is 0 Å². The van der Waals surface area contributed by atoms with E-state index in [4.69, 9.17) is 18.6 Å². The molecule has 0 saturated heterocycles. The molecule has 160 valence electrons. The van der Waals surface area contributed by atoms with Gasteiger partial charge in [0.1, 0.15) is 23.0 Å². The monoisotopic (exact) mass is 437 g/mol. The predicted molar refractivity (Wildman–Crippen MR) is 119 cm³/mol. The smallest absolute Gasteiger partial charge is 0.192 e. The molecule has 7 nitrogen and oxygen atoms in total. The average molecular weight is 438 g/mol. The molecule has 0 saturated carbocycles. The van der Waals surface area contributed by atoms with Crippen molar-refractivity contribution in [2.45, 2.75) is 17.5 Å². The zero-order valence-corrected chi connectivity index (χ0v) is 18.4. The molecular weight excluding hydrogens is 414 g/mol. The Morgan fingerprint density at radius 2 is 1.68 bits per heavy atom. The van der Waals surface area contributed by atoms with Crippen LogP contribution in [-0.4, -0.2) is 36.1 Å². The lowest BCUT2D eigenvalue weighted by atomic mass is 10.2. The van der Waals surface area contributed by atoms with Crippen LogP contribution in [0.2, 0.25) is 0 Å². The van der Waals surface area contributed by atoms with Crippen molar-refractivity contribution in [1.29, 1.82) is 0 Å². The Balaban J connectivity index is 1.65. The number of methoxy groups -OCH3 is 3. The van der Waals surface area contributed by atoms with Gasteiger partial charge in [0.2, 0.25) is 0 Å². The van der Waals surface area contributed by atoms with Crippen molar-refractivity contribution in [3.8, 4) is 28.6 Å². The van der Waals surface area contributed by atoms with E-state index in [0.717, 1.165) is 45.1 Å². The van der Waals surface area contributed by atoms with E-state index in [1.165, 1.54) is 0 Å². The molecule has 0 amide bonds. The number of thioether (sulfide) groups is 1. The van der Waals surface area contributed by atoms with Crippen LogP contribution in [0.25, 0.3) is 11.4 Å². The molecule has 2 heterocycles. The minimum absolute atomic E-state index is 0.527. The molecule has 2 aromatic heterocycles. The highest BCUT2D eigenvalue weighted by Crippen LogP contribution is 2.32. The number of hydrogen-bond donors (Lipinski definition) is 0. The predicted octanol–water partition coefficient (Wildman–Crippen LogP) is 4.90. The summed E-state index contributed by atoms with van der Waals surface area (Å²) in [6.07, 6.45) is 1.67. The molecule has 2 aromatic carbocycles. The molecule has 0 aliphatic carbocycles. The van der Waals surface area contributed by atoms with Crippen molar-refractivity contribution in [2.75, 3.05) is 21.3 Å². The number of hydrogen-bond acceptors (Lipinski definition) is 7. The number of nitrogens with zero attached hydrogens (tertiary/aromatic N) is 3. The van der Waals surface area contributed by atoms with Crippen molar-refractivity contribution in [2.24, 2.45) is 0 Å². The fraction of sp³-hybridized carbons (Fsp3) is 0.217. The standard InChI is InChI=1S/C23H23N3O4S/c1-27-18-8-6-16(7-9-18)22-24-25-23(26(22)14-20-5-4-12-30-20)31-15-17-13-19(28-2)10-11-21(17)29-3/h4-13H,14-15H2,1-3H3. The summed E-state index contributed by atoms with van der Waals surface area (Å²) in [5.41, 5.74) is 1.97. The van der Waals surface area contributed by atoms with Gasteiger partial charge in [-0.15, -0.1) is 10.2 Å².